The highest BCUT2D eigenvalue weighted by Crippen LogP contribution is 2.21. The molecule has 0 unspecified atom stereocenters. The van der Waals surface area contributed by atoms with Crippen LogP contribution in [0.1, 0.15) is 32.1 Å². The van der Waals surface area contributed by atoms with Crippen LogP contribution in [0.2, 0.25) is 0 Å². The number of aromatic nitrogens is 2. The monoisotopic (exact) mass is 279 g/mol. The van der Waals surface area contributed by atoms with Crippen LogP contribution in [-0.2, 0) is 6.42 Å². The van der Waals surface area contributed by atoms with Crippen molar-refractivity contribution in [2.75, 3.05) is 20.1 Å². The molecule has 2 aromatic rings. The Bertz CT molecular complexity index is 467. The van der Waals surface area contributed by atoms with E-state index in [0.29, 0.717) is 5.82 Å². The lowest BCUT2D eigenvalue weighted by molar-refractivity contribution is 0.311. The minimum Gasteiger partial charge on any atom is -0.339 e. The van der Waals surface area contributed by atoms with Gasteiger partial charge in [-0.2, -0.15) is 4.98 Å². The quantitative estimate of drug-likeness (QED) is 0.742. The molecule has 19 heavy (non-hydrogen) atoms. The topological polar surface area (TPSA) is 42.2 Å². The normalized spacial score (nSPS) is 11.3. The molecule has 0 spiro atoms. The van der Waals surface area contributed by atoms with Gasteiger partial charge in [0.05, 0.1) is 4.88 Å². The van der Waals surface area contributed by atoms with Gasteiger partial charge >= 0.3 is 0 Å². The largest absolute Gasteiger partial charge is 0.339 e. The lowest BCUT2D eigenvalue weighted by Crippen LogP contribution is -2.21. The zero-order chi connectivity index (χ0) is 13.5. The summed E-state index contributed by atoms with van der Waals surface area (Å²) in [7, 11) is 2.17. The molecule has 0 radical (unpaired) electrons. The first-order chi connectivity index (χ1) is 9.29. The second-order valence-corrected chi connectivity index (χ2v) is 5.70. The smallest absolute Gasteiger partial charge is 0.227 e. The van der Waals surface area contributed by atoms with Gasteiger partial charge in [-0.15, -0.1) is 11.3 Å². The van der Waals surface area contributed by atoms with E-state index < -0.39 is 0 Å². The van der Waals surface area contributed by atoms with Crippen molar-refractivity contribution in [3.8, 4) is 10.7 Å². The molecule has 2 rings (SSSR count). The van der Waals surface area contributed by atoms with Crippen LogP contribution in [0.3, 0.4) is 0 Å². The Kier molecular flexibility index (Phi) is 5.54. The SMILES string of the molecule is CCCCN(C)CCCc1nc(-c2cccs2)no1. The zero-order valence-electron chi connectivity index (χ0n) is 11.6. The van der Waals surface area contributed by atoms with Crippen molar-refractivity contribution in [3.05, 3.63) is 23.4 Å². The molecular weight excluding hydrogens is 258 g/mol. The summed E-state index contributed by atoms with van der Waals surface area (Å²) in [6.45, 7) is 4.47. The van der Waals surface area contributed by atoms with Crippen LogP contribution in [0, 0.1) is 0 Å². The Hall–Kier alpha value is -1.20. The number of nitrogens with zero attached hydrogens (tertiary/aromatic N) is 3. The van der Waals surface area contributed by atoms with Crippen molar-refractivity contribution in [2.45, 2.75) is 32.6 Å². The molecule has 4 nitrogen and oxygen atoms in total. The number of unbranched alkanes of at least 4 members (excludes halogenated alkanes) is 1. The van der Waals surface area contributed by atoms with Crippen molar-refractivity contribution in [3.63, 3.8) is 0 Å². The number of aryl methyl sites for hydroxylation is 1. The summed E-state index contributed by atoms with van der Waals surface area (Å²) in [5, 5.41) is 6.04. The van der Waals surface area contributed by atoms with E-state index in [1.54, 1.807) is 11.3 Å². The van der Waals surface area contributed by atoms with Crippen molar-refractivity contribution in [1.29, 1.82) is 0 Å². The molecule has 0 saturated heterocycles. The average molecular weight is 279 g/mol. The van der Waals surface area contributed by atoms with Crippen LogP contribution in [0.4, 0.5) is 0 Å². The van der Waals surface area contributed by atoms with Gasteiger partial charge in [0.25, 0.3) is 0 Å². The molecule has 0 aliphatic heterocycles. The number of hydrogen-bond donors (Lipinski definition) is 0. The third kappa shape index (κ3) is 4.44. The fourth-order valence-corrected chi connectivity index (χ4v) is 2.55. The summed E-state index contributed by atoms with van der Waals surface area (Å²) < 4.78 is 5.28. The van der Waals surface area contributed by atoms with Crippen LogP contribution < -0.4 is 0 Å². The highest BCUT2D eigenvalue weighted by atomic mass is 32.1. The van der Waals surface area contributed by atoms with Gasteiger partial charge in [0.2, 0.25) is 11.7 Å². The Morgan fingerprint density at radius 3 is 2.89 bits per heavy atom. The molecule has 2 heterocycles. The molecule has 0 N–H and O–H groups in total. The van der Waals surface area contributed by atoms with Crippen LogP contribution in [0.25, 0.3) is 10.7 Å². The first-order valence-corrected chi connectivity index (χ1v) is 7.72. The zero-order valence-corrected chi connectivity index (χ0v) is 12.4. The second kappa shape index (κ2) is 7.40. The summed E-state index contributed by atoms with van der Waals surface area (Å²) in [6, 6.07) is 4.01. The molecule has 0 fully saturated rings. The number of hydrogen-bond acceptors (Lipinski definition) is 5. The van der Waals surface area contributed by atoms with Gasteiger partial charge < -0.3 is 9.42 Å². The molecule has 0 atom stereocenters. The molecule has 0 saturated carbocycles. The van der Waals surface area contributed by atoms with Gasteiger partial charge in [-0.25, -0.2) is 0 Å². The summed E-state index contributed by atoms with van der Waals surface area (Å²) >= 11 is 1.63. The Balaban J connectivity index is 1.75. The first kappa shape index (κ1) is 14.2. The van der Waals surface area contributed by atoms with E-state index in [-0.39, 0.29) is 0 Å². The van der Waals surface area contributed by atoms with Crippen LogP contribution >= 0.6 is 11.3 Å². The summed E-state index contributed by atoms with van der Waals surface area (Å²) in [5.74, 6) is 1.46. The average Bonchev–Trinajstić information content (AvgIpc) is 3.06. The predicted molar refractivity (Wildman–Crippen MR) is 78.3 cm³/mol. The third-order valence-electron chi connectivity index (χ3n) is 3.03. The minimum absolute atomic E-state index is 0.712. The van der Waals surface area contributed by atoms with E-state index in [4.69, 9.17) is 4.52 Å². The van der Waals surface area contributed by atoms with Gasteiger partial charge in [-0.05, 0) is 44.4 Å². The Labute approximate surface area is 118 Å². The van der Waals surface area contributed by atoms with Crippen molar-refractivity contribution in [1.82, 2.24) is 15.0 Å². The maximum absolute atomic E-state index is 5.28. The van der Waals surface area contributed by atoms with E-state index >= 15 is 0 Å². The second-order valence-electron chi connectivity index (χ2n) is 4.75. The third-order valence-corrected chi connectivity index (χ3v) is 3.90. The molecular formula is C14H21N3OS. The molecule has 104 valence electrons. The molecule has 5 heteroatoms. The van der Waals surface area contributed by atoms with Crippen LogP contribution in [0.5, 0.6) is 0 Å². The van der Waals surface area contributed by atoms with Gasteiger partial charge in [0.15, 0.2) is 0 Å². The van der Waals surface area contributed by atoms with Crippen molar-refractivity contribution >= 4 is 11.3 Å². The highest BCUT2D eigenvalue weighted by Gasteiger charge is 2.09. The maximum atomic E-state index is 5.28. The van der Waals surface area contributed by atoms with Gasteiger partial charge in [-0.1, -0.05) is 24.6 Å². The minimum atomic E-state index is 0.712. The van der Waals surface area contributed by atoms with Gasteiger partial charge in [0.1, 0.15) is 0 Å². The predicted octanol–water partition coefficient (Wildman–Crippen LogP) is 3.46. The molecule has 0 bridgehead atoms. The molecule has 2 aromatic heterocycles. The van der Waals surface area contributed by atoms with E-state index in [9.17, 15) is 0 Å². The van der Waals surface area contributed by atoms with E-state index in [2.05, 4.69) is 29.0 Å². The van der Waals surface area contributed by atoms with E-state index in [1.165, 1.54) is 19.4 Å². The van der Waals surface area contributed by atoms with Gasteiger partial charge in [-0.3, -0.25) is 0 Å². The Morgan fingerprint density at radius 1 is 1.32 bits per heavy atom. The molecule has 0 aromatic carbocycles. The lowest BCUT2D eigenvalue weighted by Gasteiger charge is -2.14. The van der Waals surface area contributed by atoms with E-state index in [1.807, 2.05) is 17.5 Å². The lowest BCUT2D eigenvalue weighted by atomic mass is 10.2. The molecule has 0 amide bonds. The Morgan fingerprint density at radius 2 is 2.16 bits per heavy atom. The van der Waals surface area contributed by atoms with E-state index in [0.717, 1.165) is 30.2 Å². The van der Waals surface area contributed by atoms with Crippen molar-refractivity contribution in [2.24, 2.45) is 0 Å². The fraction of sp³-hybridized carbons (Fsp3) is 0.571. The fourth-order valence-electron chi connectivity index (χ4n) is 1.90. The summed E-state index contributed by atoms with van der Waals surface area (Å²) in [5.41, 5.74) is 0. The van der Waals surface area contributed by atoms with Crippen molar-refractivity contribution < 1.29 is 4.52 Å². The maximum Gasteiger partial charge on any atom is 0.227 e. The standard InChI is InChI=1S/C14H21N3OS/c1-3-4-9-17(2)10-5-8-13-15-14(16-18-13)12-7-6-11-19-12/h6-7,11H,3-5,8-10H2,1-2H3. The molecule has 0 aliphatic rings. The number of thiophene rings is 1. The summed E-state index contributed by atoms with van der Waals surface area (Å²) in [6.07, 6.45) is 4.43. The molecule has 0 aliphatic carbocycles. The van der Waals surface area contributed by atoms with Crippen LogP contribution in [-0.4, -0.2) is 35.2 Å². The van der Waals surface area contributed by atoms with Gasteiger partial charge in [0, 0.05) is 6.42 Å². The van der Waals surface area contributed by atoms with Crippen LogP contribution in [0.15, 0.2) is 22.0 Å². The summed E-state index contributed by atoms with van der Waals surface area (Å²) in [4.78, 5) is 7.85. The number of rotatable bonds is 8. The first-order valence-electron chi connectivity index (χ1n) is 6.84. The highest BCUT2D eigenvalue weighted by molar-refractivity contribution is 7.13.